The van der Waals surface area contributed by atoms with Crippen LogP contribution in [0.3, 0.4) is 0 Å². The molecule has 1 saturated carbocycles. The van der Waals surface area contributed by atoms with E-state index in [1.807, 2.05) is 12.1 Å². The normalized spacial score (nSPS) is 17.1. The summed E-state index contributed by atoms with van der Waals surface area (Å²) in [7, 11) is 0. The lowest BCUT2D eigenvalue weighted by atomic mass is 10.1. The van der Waals surface area contributed by atoms with Crippen LogP contribution in [0.1, 0.15) is 30.4 Å². The summed E-state index contributed by atoms with van der Waals surface area (Å²) in [6, 6.07) is 9.41. The molecule has 0 atom stereocenters. The quantitative estimate of drug-likeness (QED) is 0.563. The second-order valence-electron chi connectivity index (χ2n) is 7.59. The third-order valence-electron chi connectivity index (χ3n) is 5.15. The number of aromatic nitrogens is 3. The highest BCUT2D eigenvalue weighted by molar-refractivity contribution is 6.33. The van der Waals surface area contributed by atoms with Crippen LogP contribution in [-0.2, 0) is 4.79 Å². The molecule has 9 heteroatoms. The molecule has 3 N–H and O–H groups in total. The zero-order chi connectivity index (χ0) is 21.5. The van der Waals surface area contributed by atoms with Crippen LogP contribution in [0.4, 0.5) is 17.3 Å². The fourth-order valence-corrected chi connectivity index (χ4v) is 3.58. The van der Waals surface area contributed by atoms with Crippen molar-refractivity contribution in [2.24, 2.45) is 0 Å². The first-order chi connectivity index (χ1) is 15.0. The minimum absolute atomic E-state index is 0.0776. The SMILES string of the molecule is C=C1NC(=O)C/C1=C\c1cnn2c(NC3CC3)cc(Nc3cc(C#N)ccc3Cl)nc12. The number of halogens is 1. The van der Waals surface area contributed by atoms with Gasteiger partial charge < -0.3 is 16.0 Å². The van der Waals surface area contributed by atoms with E-state index in [0.29, 0.717) is 39.5 Å². The third kappa shape index (κ3) is 3.83. The van der Waals surface area contributed by atoms with Gasteiger partial charge in [-0.1, -0.05) is 18.2 Å². The van der Waals surface area contributed by atoms with E-state index in [9.17, 15) is 10.1 Å². The third-order valence-corrected chi connectivity index (χ3v) is 5.47. The number of nitrogens with zero attached hydrogens (tertiary/aromatic N) is 4. The second-order valence-corrected chi connectivity index (χ2v) is 7.99. The number of allylic oxidation sites excluding steroid dienone is 1. The number of carbonyl (C=O) groups is 1. The molecule has 0 unspecified atom stereocenters. The Morgan fingerprint density at radius 3 is 2.90 bits per heavy atom. The van der Waals surface area contributed by atoms with Gasteiger partial charge in [-0.15, -0.1) is 0 Å². The molecule has 3 heterocycles. The van der Waals surface area contributed by atoms with Crippen LogP contribution >= 0.6 is 11.6 Å². The monoisotopic (exact) mass is 431 g/mol. The average Bonchev–Trinajstić information content (AvgIpc) is 3.38. The van der Waals surface area contributed by atoms with E-state index in [4.69, 9.17) is 16.6 Å². The maximum atomic E-state index is 11.7. The molecule has 1 aliphatic heterocycles. The molecule has 1 saturated heterocycles. The van der Waals surface area contributed by atoms with E-state index < -0.39 is 0 Å². The van der Waals surface area contributed by atoms with E-state index in [2.05, 4.69) is 33.7 Å². The van der Waals surface area contributed by atoms with Crippen molar-refractivity contribution < 1.29 is 4.79 Å². The predicted octanol–water partition coefficient (Wildman–Crippen LogP) is 3.99. The number of rotatable bonds is 5. The van der Waals surface area contributed by atoms with Gasteiger partial charge in [0.25, 0.3) is 0 Å². The number of amides is 1. The average molecular weight is 432 g/mol. The van der Waals surface area contributed by atoms with Crippen molar-refractivity contribution >= 4 is 46.6 Å². The Kier molecular flexibility index (Phi) is 4.60. The number of benzene rings is 1. The Bertz CT molecular complexity index is 1310. The Morgan fingerprint density at radius 1 is 1.35 bits per heavy atom. The van der Waals surface area contributed by atoms with Gasteiger partial charge in [0.2, 0.25) is 5.91 Å². The summed E-state index contributed by atoms with van der Waals surface area (Å²) < 4.78 is 1.75. The van der Waals surface area contributed by atoms with Crippen molar-refractivity contribution in [2.75, 3.05) is 10.6 Å². The number of nitrogens with one attached hydrogen (secondary N) is 3. The summed E-state index contributed by atoms with van der Waals surface area (Å²) >= 11 is 6.32. The summed E-state index contributed by atoms with van der Waals surface area (Å²) in [5.41, 5.74) is 3.88. The van der Waals surface area contributed by atoms with Crippen molar-refractivity contribution in [2.45, 2.75) is 25.3 Å². The van der Waals surface area contributed by atoms with E-state index in [0.717, 1.165) is 29.8 Å². The Hall–Kier alpha value is -3.83. The molecule has 1 amide bonds. The molecular weight excluding hydrogens is 414 g/mol. The van der Waals surface area contributed by atoms with E-state index in [1.165, 1.54) is 0 Å². The molecule has 5 rings (SSSR count). The summed E-state index contributed by atoms with van der Waals surface area (Å²) in [6.45, 7) is 3.90. The second kappa shape index (κ2) is 7.45. The van der Waals surface area contributed by atoms with E-state index in [-0.39, 0.29) is 12.3 Å². The molecule has 154 valence electrons. The van der Waals surface area contributed by atoms with Crippen molar-refractivity contribution in [1.82, 2.24) is 19.9 Å². The molecule has 3 aromatic rings. The lowest BCUT2D eigenvalue weighted by Crippen LogP contribution is -2.10. The lowest BCUT2D eigenvalue weighted by Gasteiger charge is -2.12. The molecule has 8 nitrogen and oxygen atoms in total. The zero-order valence-corrected chi connectivity index (χ0v) is 17.2. The fourth-order valence-electron chi connectivity index (χ4n) is 3.41. The molecule has 1 aromatic carbocycles. The standard InChI is InChI=1S/C22H18ClN7O/c1-12-14(8-21(31)26-12)7-15-11-25-30-20(27-16-3-4-16)9-19(29-22(15)30)28-18-6-13(10-24)2-5-17(18)23/h2,5-7,9,11,16,27H,1,3-4,8H2,(H,26,31)(H,28,29)/b14-7+. The van der Waals surface area contributed by atoms with Gasteiger partial charge in [0, 0.05) is 23.4 Å². The smallest absolute Gasteiger partial charge is 0.228 e. The van der Waals surface area contributed by atoms with Gasteiger partial charge in [-0.05, 0) is 42.7 Å². The molecule has 2 aliphatic rings. The number of nitriles is 1. The molecule has 0 spiro atoms. The molecule has 2 fully saturated rings. The molecule has 0 bridgehead atoms. The first-order valence-electron chi connectivity index (χ1n) is 9.82. The van der Waals surface area contributed by atoms with Crippen molar-refractivity contribution in [3.8, 4) is 6.07 Å². The van der Waals surface area contributed by atoms with Crippen LogP contribution < -0.4 is 16.0 Å². The Morgan fingerprint density at radius 2 is 2.19 bits per heavy atom. The first-order valence-corrected chi connectivity index (χ1v) is 10.2. The number of fused-ring (bicyclic) bond motifs is 1. The predicted molar refractivity (Wildman–Crippen MR) is 119 cm³/mol. The molecule has 2 aromatic heterocycles. The van der Waals surface area contributed by atoms with Crippen LogP contribution in [0, 0.1) is 11.3 Å². The zero-order valence-electron chi connectivity index (χ0n) is 16.4. The molecular formula is C22H18ClN7O. The van der Waals surface area contributed by atoms with Crippen molar-refractivity contribution in [3.05, 3.63) is 64.5 Å². The molecule has 31 heavy (non-hydrogen) atoms. The number of anilines is 3. The van der Waals surface area contributed by atoms with Gasteiger partial charge in [0.15, 0.2) is 5.65 Å². The van der Waals surface area contributed by atoms with Gasteiger partial charge in [-0.25, -0.2) is 4.98 Å². The van der Waals surface area contributed by atoms with Crippen molar-refractivity contribution in [3.63, 3.8) is 0 Å². The highest BCUT2D eigenvalue weighted by Gasteiger charge is 2.24. The van der Waals surface area contributed by atoms with Gasteiger partial charge >= 0.3 is 0 Å². The summed E-state index contributed by atoms with van der Waals surface area (Å²) in [5.74, 6) is 1.28. The fraction of sp³-hybridized carbons (Fsp3) is 0.182. The Balaban J connectivity index is 1.59. The largest absolute Gasteiger partial charge is 0.367 e. The highest BCUT2D eigenvalue weighted by Crippen LogP contribution is 2.31. The summed E-state index contributed by atoms with van der Waals surface area (Å²) in [5, 5.41) is 23.6. The summed E-state index contributed by atoms with van der Waals surface area (Å²) in [6.07, 6.45) is 6.08. The first kappa shape index (κ1) is 19.2. The maximum Gasteiger partial charge on any atom is 0.228 e. The van der Waals surface area contributed by atoms with E-state index >= 15 is 0 Å². The highest BCUT2D eigenvalue weighted by atomic mass is 35.5. The van der Waals surface area contributed by atoms with Gasteiger partial charge in [-0.2, -0.15) is 14.9 Å². The van der Waals surface area contributed by atoms with Crippen LogP contribution in [0.25, 0.3) is 11.7 Å². The topological polar surface area (TPSA) is 107 Å². The van der Waals surface area contributed by atoms with Crippen LogP contribution in [-0.4, -0.2) is 26.5 Å². The lowest BCUT2D eigenvalue weighted by molar-refractivity contribution is -0.118. The molecule has 1 aliphatic carbocycles. The minimum Gasteiger partial charge on any atom is -0.367 e. The number of hydrogen-bond donors (Lipinski definition) is 3. The number of hydrogen-bond acceptors (Lipinski definition) is 6. The summed E-state index contributed by atoms with van der Waals surface area (Å²) in [4.78, 5) is 16.4. The maximum absolute atomic E-state index is 11.7. The van der Waals surface area contributed by atoms with Crippen molar-refractivity contribution in [1.29, 1.82) is 5.26 Å². The Labute approximate surface area is 183 Å². The van der Waals surface area contributed by atoms with Gasteiger partial charge in [-0.3, -0.25) is 4.79 Å². The molecule has 0 radical (unpaired) electrons. The van der Waals surface area contributed by atoms with E-state index in [1.54, 1.807) is 28.9 Å². The van der Waals surface area contributed by atoms with Gasteiger partial charge in [0.1, 0.15) is 11.6 Å². The number of carbonyl (C=O) groups excluding carboxylic acids is 1. The van der Waals surface area contributed by atoms with Crippen LogP contribution in [0.15, 0.2) is 48.3 Å². The van der Waals surface area contributed by atoms with Crippen LogP contribution in [0.5, 0.6) is 0 Å². The van der Waals surface area contributed by atoms with Crippen LogP contribution in [0.2, 0.25) is 5.02 Å². The minimum atomic E-state index is -0.0776. The van der Waals surface area contributed by atoms with Gasteiger partial charge in [0.05, 0.1) is 35.0 Å².